The van der Waals surface area contributed by atoms with Crippen molar-refractivity contribution in [1.82, 2.24) is 0 Å². The van der Waals surface area contributed by atoms with Gasteiger partial charge in [-0.15, -0.1) is 0 Å². The highest BCUT2D eigenvalue weighted by molar-refractivity contribution is 7.92. The molecule has 25 heavy (non-hydrogen) atoms. The Bertz CT molecular complexity index is 841. The molecule has 4 nitrogen and oxygen atoms in total. The topological polar surface area (TPSA) is 69.4 Å². The van der Waals surface area contributed by atoms with Crippen molar-refractivity contribution in [3.8, 4) is 0 Å². The minimum absolute atomic E-state index is 0.158. The molecule has 3 atom stereocenters. The lowest BCUT2D eigenvalue weighted by Gasteiger charge is -2.16. The molecule has 0 amide bonds. The van der Waals surface area contributed by atoms with E-state index in [1.165, 1.54) is 12.1 Å². The molecule has 0 radical (unpaired) electrons. The minimum Gasteiger partial charge on any atom is -0.381 e. The third-order valence-electron chi connectivity index (χ3n) is 4.95. The molecule has 134 valence electrons. The molecule has 1 fully saturated rings. The quantitative estimate of drug-likeness (QED) is 0.821. The molecule has 6 heteroatoms. The van der Waals surface area contributed by atoms with E-state index >= 15 is 0 Å². The highest BCUT2D eigenvalue weighted by Crippen LogP contribution is 2.63. The molecule has 0 saturated heterocycles. The Hall–Kier alpha value is -1.76. The Morgan fingerprint density at radius 3 is 2.48 bits per heavy atom. The molecule has 0 aromatic heterocycles. The summed E-state index contributed by atoms with van der Waals surface area (Å²) in [6, 6.07) is 14.4. The number of hydrogen-bond donors (Lipinski definition) is 1. The van der Waals surface area contributed by atoms with Crippen molar-refractivity contribution in [3.05, 3.63) is 66.0 Å². The molecule has 0 spiro atoms. The Morgan fingerprint density at radius 1 is 1.16 bits per heavy atom. The van der Waals surface area contributed by atoms with Crippen LogP contribution in [0.25, 0.3) is 0 Å². The summed E-state index contributed by atoms with van der Waals surface area (Å²) < 4.78 is 45.6. The predicted octanol–water partition coefficient (Wildman–Crippen LogP) is 2.75. The fourth-order valence-corrected chi connectivity index (χ4v) is 6.14. The first-order chi connectivity index (χ1) is 12.0. The van der Waals surface area contributed by atoms with Crippen molar-refractivity contribution in [2.24, 2.45) is 11.1 Å². The highest BCUT2D eigenvalue weighted by atomic mass is 32.2. The van der Waals surface area contributed by atoms with Crippen LogP contribution in [0.2, 0.25) is 0 Å². The second-order valence-electron chi connectivity index (χ2n) is 6.39. The summed E-state index contributed by atoms with van der Waals surface area (Å²) in [6.45, 7) is 2.71. The molecule has 0 heterocycles. The van der Waals surface area contributed by atoms with Crippen molar-refractivity contribution in [3.63, 3.8) is 0 Å². The van der Waals surface area contributed by atoms with Gasteiger partial charge in [0.2, 0.25) is 0 Å². The normalized spacial score (nSPS) is 25.7. The van der Waals surface area contributed by atoms with Gasteiger partial charge < -0.3 is 10.5 Å². The highest BCUT2D eigenvalue weighted by Gasteiger charge is 2.70. The van der Waals surface area contributed by atoms with Gasteiger partial charge in [0, 0.05) is 24.5 Å². The maximum absolute atomic E-state index is 13.7. The van der Waals surface area contributed by atoms with E-state index in [9.17, 15) is 12.8 Å². The largest absolute Gasteiger partial charge is 0.381 e. The molecule has 2 aromatic carbocycles. The first-order valence-corrected chi connectivity index (χ1v) is 9.84. The summed E-state index contributed by atoms with van der Waals surface area (Å²) in [6.07, 6.45) is 0. The number of benzene rings is 2. The molecule has 0 bridgehead atoms. The SMILES string of the molecule is CCOC[C@@]1(CN)[C@H](c2cccc(F)c2)[C@@H]1S(=O)(=O)c1ccccc1. The van der Waals surface area contributed by atoms with Gasteiger partial charge in [0.25, 0.3) is 0 Å². The maximum Gasteiger partial charge on any atom is 0.182 e. The number of rotatable bonds is 7. The van der Waals surface area contributed by atoms with Crippen molar-refractivity contribution >= 4 is 9.84 Å². The summed E-state index contributed by atoms with van der Waals surface area (Å²) in [5.41, 5.74) is 5.91. The van der Waals surface area contributed by atoms with Crippen LogP contribution in [-0.4, -0.2) is 33.4 Å². The van der Waals surface area contributed by atoms with Crippen LogP contribution >= 0.6 is 0 Å². The van der Waals surface area contributed by atoms with Crippen molar-refractivity contribution in [2.75, 3.05) is 19.8 Å². The summed E-state index contributed by atoms with van der Waals surface area (Å²) in [4.78, 5) is 0.258. The zero-order valence-electron chi connectivity index (χ0n) is 14.1. The first kappa shape index (κ1) is 18.0. The Balaban J connectivity index is 2.06. The van der Waals surface area contributed by atoms with Gasteiger partial charge in [-0.25, -0.2) is 12.8 Å². The van der Waals surface area contributed by atoms with Gasteiger partial charge in [-0.3, -0.25) is 0 Å². The van der Waals surface area contributed by atoms with E-state index in [1.54, 1.807) is 42.5 Å². The Kier molecular flexibility index (Phi) is 4.95. The molecular weight excluding hydrogens is 341 g/mol. The molecule has 1 aliphatic rings. The zero-order valence-corrected chi connectivity index (χ0v) is 14.9. The van der Waals surface area contributed by atoms with E-state index in [0.717, 1.165) is 0 Å². The summed E-state index contributed by atoms with van der Waals surface area (Å²) >= 11 is 0. The Labute approximate surface area is 147 Å². The summed E-state index contributed by atoms with van der Waals surface area (Å²) in [5, 5.41) is -0.722. The minimum atomic E-state index is -3.61. The van der Waals surface area contributed by atoms with Crippen LogP contribution in [0.4, 0.5) is 4.39 Å². The molecule has 3 rings (SSSR count). The van der Waals surface area contributed by atoms with E-state index in [4.69, 9.17) is 10.5 Å². The third-order valence-corrected chi connectivity index (χ3v) is 7.29. The molecule has 0 unspecified atom stereocenters. The second kappa shape index (κ2) is 6.86. The molecule has 2 aromatic rings. The molecule has 0 aliphatic heterocycles. The second-order valence-corrected chi connectivity index (χ2v) is 8.46. The van der Waals surface area contributed by atoms with Crippen molar-refractivity contribution < 1.29 is 17.5 Å². The zero-order chi connectivity index (χ0) is 18.1. The van der Waals surface area contributed by atoms with Crippen molar-refractivity contribution in [1.29, 1.82) is 0 Å². The molecular formula is C19H22FNO3S. The number of nitrogens with two attached hydrogens (primary N) is 1. The molecule has 2 N–H and O–H groups in total. The number of sulfone groups is 1. The van der Waals surface area contributed by atoms with E-state index < -0.39 is 20.5 Å². The predicted molar refractivity (Wildman–Crippen MR) is 94.5 cm³/mol. The fourth-order valence-electron chi connectivity index (χ4n) is 3.67. The van der Waals surface area contributed by atoms with Crippen molar-refractivity contribution in [2.45, 2.75) is 23.0 Å². The lowest BCUT2D eigenvalue weighted by Crippen LogP contribution is -2.29. The van der Waals surface area contributed by atoms with Crippen LogP contribution in [-0.2, 0) is 14.6 Å². The summed E-state index contributed by atoms with van der Waals surface area (Å²) in [7, 11) is -3.61. The van der Waals surface area contributed by atoms with Crippen LogP contribution in [0.15, 0.2) is 59.5 Å². The number of ether oxygens (including phenoxy) is 1. The van der Waals surface area contributed by atoms with E-state index in [0.29, 0.717) is 12.2 Å². The third kappa shape index (κ3) is 3.10. The van der Waals surface area contributed by atoms with Gasteiger partial charge in [-0.2, -0.15) is 0 Å². The molecule has 1 saturated carbocycles. The lowest BCUT2D eigenvalue weighted by molar-refractivity contribution is 0.101. The van der Waals surface area contributed by atoms with Crippen LogP contribution in [0.5, 0.6) is 0 Å². The maximum atomic E-state index is 13.7. The van der Waals surface area contributed by atoms with Gasteiger partial charge in [0.15, 0.2) is 9.84 Å². The fraction of sp³-hybridized carbons (Fsp3) is 0.368. The van der Waals surface area contributed by atoms with Gasteiger partial charge in [-0.05, 0) is 36.8 Å². The monoisotopic (exact) mass is 363 g/mol. The van der Waals surface area contributed by atoms with Crippen LogP contribution in [0, 0.1) is 11.2 Å². The van der Waals surface area contributed by atoms with E-state index in [-0.39, 0.29) is 29.8 Å². The standard InChI is InChI=1S/C19H22FNO3S/c1-2-24-13-19(12-21)17(14-7-6-8-15(20)11-14)18(19)25(22,23)16-9-4-3-5-10-16/h3-11,17-18H,2,12-13,21H2,1H3/t17-,18+,19+/m1/s1. The lowest BCUT2D eigenvalue weighted by atomic mass is 10.00. The van der Waals surface area contributed by atoms with Gasteiger partial charge in [0.1, 0.15) is 5.82 Å². The number of halogens is 1. The summed E-state index contributed by atoms with van der Waals surface area (Å²) in [5.74, 6) is -0.771. The average Bonchev–Trinajstić information content (AvgIpc) is 3.31. The van der Waals surface area contributed by atoms with Gasteiger partial charge in [-0.1, -0.05) is 30.3 Å². The van der Waals surface area contributed by atoms with Crippen LogP contribution in [0.1, 0.15) is 18.4 Å². The van der Waals surface area contributed by atoms with E-state index in [1.807, 2.05) is 6.92 Å². The average molecular weight is 363 g/mol. The first-order valence-electron chi connectivity index (χ1n) is 8.29. The van der Waals surface area contributed by atoms with E-state index in [2.05, 4.69) is 0 Å². The van der Waals surface area contributed by atoms with Gasteiger partial charge >= 0.3 is 0 Å². The van der Waals surface area contributed by atoms with Gasteiger partial charge in [0.05, 0.1) is 16.8 Å². The molecule has 1 aliphatic carbocycles. The van der Waals surface area contributed by atoms with Crippen LogP contribution in [0.3, 0.4) is 0 Å². The Morgan fingerprint density at radius 2 is 1.88 bits per heavy atom. The smallest absolute Gasteiger partial charge is 0.182 e. The number of hydrogen-bond acceptors (Lipinski definition) is 4. The van der Waals surface area contributed by atoms with Crippen LogP contribution < -0.4 is 5.73 Å².